The number of aryl methyl sites for hydroxylation is 2. The minimum Gasteiger partial charge on any atom is -0.478 e. The second kappa shape index (κ2) is 11.2. The Balaban J connectivity index is 2.32. The first-order valence-corrected chi connectivity index (χ1v) is 10.3. The molecule has 0 saturated heterocycles. The summed E-state index contributed by atoms with van der Waals surface area (Å²) in [4.78, 5) is 21.9. The average Bonchev–Trinajstić information content (AvgIpc) is 2.70. The molecule has 0 bridgehead atoms. The number of carboxylic acid groups (broad SMARTS) is 1. The van der Waals surface area contributed by atoms with Crippen LogP contribution in [0.4, 0.5) is 5.69 Å². The molecule has 0 atom stereocenters. The van der Waals surface area contributed by atoms with Gasteiger partial charge in [-0.1, -0.05) is 51.7 Å². The number of nitrogens with zero attached hydrogens (tertiary/aromatic N) is 1. The Morgan fingerprint density at radius 2 is 1.62 bits per heavy atom. The summed E-state index contributed by atoms with van der Waals surface area (Å²) in [5, 5.41) is 20.4. The summed E-state index contributed by atoms with van der Waals surface area (Å²) < 4.78 is 5.94. The van der Waals surface area contributed by atoms with Gasteiger partial charge in [0.1, 0.15) is 17.1 Å². The van der Waals surface area contributed by atoms with Gasteiger partial charge in [0, 0.05) is 12.1 Å². The zero-order chi connectivity index (χ0) is 21.2. The molecule has 0 amide bonds. The van der Waals surface area contributed by atoms with Gasteiger partial charge in [-0.05, 0) is 48.9 Å². The Hall–Kier alpha value is -2.89. The van der Waals surface area contributed by atoms with E-state index in [0.717, 1.165) is 50.2 Å². The van der Waals surface area contributed by atoms with Gasteiger partial charge in [0.2, 0.25) is 0 Å². The lowest BCUT2D eigenvalue weighted by Gasteiger charge is -2.14. The first-order valence-electron chi connectivity index (χ1n) is 10.3. The third-order valence-corrected chi connectivity index (χ3v) is 4.87. The van der Waals surface area contributed by atoms with Crippen LogP contribution in [0.2, 0.25) is 0 Å². The third kappa shape index (κ3) is 6.59. The number of carbonyl (C=O) groups is 1. The topological polar surface area (TPSA) is 89.7 Å². The molecule has 6 heteroatoms. The maximum Gasteiger partial charge on any atom is 0.339 e. The monoisotopic (exact) mass is 399 g/mol. The lowest BCUT2D eigenvalue weighted by Crippen LogP contribution is -2.03. The van der Waals surface area contributed by atoms with Crippen molar-refractivity contribution in [3.63, 3.8) is 0 Å². The summed E-state index contributed by atoms with van der Waals surface area (Å²) in [6, 6.07) is 9.69. The largest absolute Gasteiger partial charge is 0.478 e. The molecule has 0 aliphatic carbocycles. The van der Waals surface area contributed by atoms with E-state index in [2.05, 4.69) is 19.9 Å². The number of nitro groups is 1. The van der Waals surface area contributed by atoms with Crippen LogP contribution in [0.15, 0.2) is 36.4 Å². The smallest absolute Gasteiger partial charge is 0.339 e. The van der Waals surface area contributed by atoms with Crippen LogP contribution in [0.1, 0.15) is 73.9 Å². The van der Waals surface area contributed by atoms with Crippen molar-refractivity contribution in [2.75, 3.05) is 0 Å². The molecule has 0 heterocycles. The van der Waals surface area contributed by atoms with Crippen LogP contribution in [0, 0.1) is 10.1 Å². The summed E-state index contributed by atoms with van der Waals surface area (Å²) >= 11 is 0. The number of carboxylic acids is 1. The highest BCUT2D eigenvalue weighted by Crippen LogP contribution is 2.32. The van der Waals surface area contributed by atoms with Crippen molar-refractivity contribution < 1.29 is 19.6 Å². The number of rotatable bonds is 12. The molecule has 2 aromatic rings. The molecule has 0 aliphatic rings. The summed E-state index contributed by atoms with van der Waals surface area (Å²) in [5.41, 5.74) is 1.80. The normalized spacial score (nSPS) is 10.7. The van der Waals surface area contributed by atoms with Gasteiger partial charge < -0.3 is 9.84 Å². The van der Waals surface area contributed by atoms with Gasteiger partial charge >= 0.3 is 5.97 Å². The summed E-state index contributed by atoms with van der Waals surface area (Å²) in [7, 11) is 0. The number of benzene rings is 2. The molecule has 0 spiro atoms. The average molecular weight is 399 g/mol. The van der Waals surface area contributed by atoms with Crippen LogP contribution in [0.5, 0.6) is 11.5 Å². The molecule has 156 valence electrons. The van der Waals surface area contributed by atoms with E-state index in [1.807, 2.05) is 12.1 Å². The van der Waals surface area contributed by atoms with Gasteiger partial charge in [-0.3, -0.25) is 10.1 Å². The summed E-state index contributed by atoms with van der Waals surface area (Å²) in [6.07, 6.45) is 8.59. The molecule has 0 radical (unpaired) electrons. The zero-order valence-electron chi connectivity index (χ0n) is 17.1. The quantitative estimate of drug-likeness (QED) is 0.248. The Kier molecular flexibility index (Phi) is 8.65. The van der Waals surface area contributed by atoms with Crippen LogP contribution >= 0.6 is 0 Å². The third-order valence-electron chi connectivity index (χ3n) is 4.87. The fraction of sp³-hybridized carbons (Fsp3) is 0.435. The fourth-order valence-corrected chi connectivity index (χ4v) is 3.23. The van der Waals surface area contributed by atoms with Crippen molar-refractivity contribution >= 4 is 11.7 Å². The fourth-order valence-electron chi connectivity index (χ4n) is 3.23. The van der Waals surface area contributed by atoms with Gasteiger partial charge in [0.25, 0.3) is 5.69 Å². The van der Waals surface area contributed by atoms with Crippen molar-refractivity contribution in [1.82, 2.24) is 0 Å². The molecule has 0 unspecified atom stereocenters. The molecule has 1 N–H and O–H groups in total. The maximum absolute atomic E-state index is 11.6. The van der Waals surface area contributed by atoms with E-state index in [4.69, 9.17) is 4.74 Å². The van der Waals surface area contributed by atoms with Crippen LogP contribution in [-0.2, 0) is 12.8 Å². The molecule has 0 fully saturated rings. The van der Waals surface area contributed by atoms with E-state index < -0.39 is 10.9 Å². The van der Waals surface area contributed by atoms with E-state index in [0.29, 0.717) is 5.75 Å². The minimum atomic E-state index is -1.26. The molecular formula is C23H29NO5. The first kappa shape index (κ1) is 22.4. The second-order valence-corrected chi connectivity index (χ2v) is 7.20. The summed E-state index contributed by atoms with van der Waals surface area (Å²) in [5.74, 6) is -0.539. The number of hydrogen-bond donors (Lipinski definition) is 1. The van der Waals surface area contributed by atoms with Crippen LogP contribution < -0.4 is 4.74 Å². The van der Waals surface area contributed by atoms with Crippen LogP contribution in [0.3, 0.4) is 0 Å². The van der Waals surface area contributed by atoms with Crippen molar-refractivity contribution in [2.24, 2.45) is 0 Å². The number of non-ortho nitro benzene ring substituents is 1. The van der Waals surface area contributed by atoms with Crippen molar-refractivity contribution in [3.05, 3.63) is 63.2 Å². The molecular weight excluding hydrogens is 370 g/mol. The van der Waals surface area contributed by atoms with E-state index in [9.17, 15) is 20.0 Å². The number of hydrogen-bond acceptors (Lipinski definition) is 4. The SMILES string of the molecule is CCCCCc1ccc(Oc2ccc([N+](=O)[O-])cc2C(=O)O)c(CCCCC)c1. The molecule has 6 nitrogen and oxygen atoms in total. The van der Waals surface area contributed by atoms with E-state index >= 15 is 0 Å². The standard InChI is InChI=1S/C23H29NO5/c1-3-5-7-9-17-11-13-21(18(15-17)10-8-6-4-2)29-22-14-12-19(24(27)28)16-20(22)23(25)26/h11-16H,3-10H2,1-2H3,(H,25,26). The highest BCUT2D eigenvalue weighted by Gasteiger charge is 2.18. The number of aromatic carboxylic acids is 1. The molecule has 0 aromatic heterocycles. The number of nitro benzene ring substituents is 1. The Labute approximate surface area is 171 Å². The lowest BCUT2D eigenvalue weighted by atomic mass is 10.00. The van der Waals surface area contributed by atoms with Crippen LogP contribution in [-0.4, -0.2) is 16.0 Å². The number of unbranched alkanes of at least 4 members (excludes halogenated alkanes) is 4. The van der Waals surface area contributed by atoms with Gasteiger partial charge in [-0.15, -0.1) is 0 Å². The first-order chi connectivity index (χ1) is 14.0. The molecule has 0 aliphatic heterocycles. The van der Waals surface area contributed by atoms with Gasteiger partial charge in [-0.25, -0.2) is 4.79 Å². The van der Waals surface area contributed by atoms with E-state index in [-0.39, 0.29) is 17.0 Å². The van der Waals surface area contributed by atoms with Crippen molar-refractivity contribution in [3.8, 4) is 11.5 Å². The highest BCUT2D eigenvalue weighted by molar-refractivity contribution is 5.91. The van der Waals surface area contributed by atoms with Gasteiger partial charge in [-0.2, -0.15) is 0 Å². The second-order valence-electron chi connectivity index (χ2n) is 7.20. The Bertz CT molecular complexity index is 847. The van der Waals surface area contributed by atoms with Gasteiger partial charge in [0.15, 0.2) is 0 Å². The maximum atomic E-state index is 11.6. The van der Waals surface area contributed by atoms with Crippen molar-refractivity contribution in [1.29, 1.82) is 0 Å². The Morgan fingerprint density at radius 3 is 2.24 bits per heavy atom. The van der Waals surface area contributed by atoms with E-state index in [1.165, 1.54) is 30.5 Å². The lowest BCUT2D eigenvalue weighted by molar-refractivity contribution is -0.384. The Morgan fingerprint density at radius 1 is 0.966 bits per heavy atom. The minimum absolute atomic E-state index is 0.110. The molecule has 0 saturated carbocycles. The molecule has 2 aromatic carbocycles. The zero-order valence-corrected chi connectivity index (χ0v) is 17.1. The predicted molar refractivity (Wildman–Crippen MR) is 113 cm³/mol. The van der Waals surface area contributed by atoms with Crippen molar-refractivity contribution in [2.45, 2.75) is 65.2 Å². The van der Waals surface area contributed by atoms with E-state index in [1.54, 1.807) is 0 Å². The van der Waals surface area contributed by atoms with Gasteiger partial charge in [0.05, 0.1) is 4.92 Å². The molecule has 2 rings (SSSR count). The molecule has 29 heavy (non-hydrogen) atoms. The number of ether oxygens (including phenoxy) is 1. The van der Waals surface area contributed by atoms with Crippen LogP contribution in [0.25, 0.3) is 0 Å². The highest BCUT2D eigenvalue weighted by atomic mass is 16.6. The predicted octanol–water partition coefficient (Wildman–Crippen LogP) is 6.55. The summed E-state index contributed by atoms with van der Waals surface area (Å²) in [6.45, 7) is 4.33.